The monoisotopic (exact) mass is 294 g/mol. The number of methoxy groups -OCH3 is 2. The Balaban J connectivity index is 2.39. The molecule has 0 amide bonds. The van der Waals surface area contributed by atoms with Crippen molar-refractivity contribution in [3.63, 3.8) is 0 Å². The number of nitrogens with one attached hydrogen (secondary N) is 1. The standard InChI is InChI=1S/C13H14N2O4S/c1-18-11-3-4-13(12(9-11)19-2)20(16,17)15-10-5-7-14-8-6-10/h3-9H,1-2H3,(H,14,15). The lowest BCUT2D eigenvalue weighted by atomic mass is 10.3. The highest BCUT2D eigenvalue weighted by atomic mass is 32.2. The molecule has 7 heteroatoms. The molecule has 6 nitrogen and oxygen atoms in total. The maximum Gasteiger partial charge on any atom is 0.265 e. The van der Waals surface area contributed by atoms with E-state index in [2.05, 4.69) is 9.71 Å². The number of pyridine rings is 1. The Morgan fingerprint density at radius 1 is 1.05 bits per heavy atom. The summed E-state index contributed by atoms with van der Waals surface area (Å²) in [5, 5.41) is 0. The third kappa shape index (κ3) is 3.00. The van der Waals surface area contributed by atoms with Gasteiger partial charge in [-0.25, -0.2) is 8.42 Å². The lowest BCUT2D eigenvalue weighted by Crippen LogP contribution is -2.14. The largest absolute Gasteiger partial charge is 0.497 e. The van der Waals surface area contributed by atoms with Crippen LogP contribution in [0.2, 0.25) is 0 Å². The van der Waals surface area contributed by atoms with Crippen LogP contribution in [-0.2, 0) is 10.0 Å². The first-order valence-corrected chi connectivity index (χ1v) is 7.20. The molecular weight excluding hydrogens is 280 g/mol. The van der Waals surface area contributed by atoms with Crippen LogP contribution in [0.1, 0.15) is 0 Å². The minimum absolute atomic E-state index is 0.0395. The molecule has 0 saturated carbocycles. The summed E-state index contributed by atoms with van der Waals surface area (Å²) in [4.78, 5) is 3.87. The molecule has 1 aromatic carbocycles. The Bertz CT molecular complexity index is 687. The minimum Gasteiger partial charge on any atom is -0.497 e. The van der Waals surface area contributed by atoms with Crippen LogP contribution in [0.5, 0.6) is 11.5 Å². The maximum absolute atomic E-state index is 12.3. The summed E-state index contributed by atoms with van der Waals surface area (Å²) in [6.45, 7) is 0. The van der Waals surface area contributed by atoms with E-state index in [-0.39, 0.29) is 10.6 Å². The first kappa shape index (κ1) is 14.1. The summed E-state index contributed by atoms with van der Waals surface area (Å²) in [6.07, 6.45) is 3.01. The van der Waals surface area contributed by atoms with Gasteiger partial charge >= 0.3 is 0 Å². The third-order valence-electron chi connectivity index (χ3n) is 2.59. The van der Waals surface area contributed by atoms with Crippen molar-refractivity contribution in [3.8, 4) is 11.5 Å². The molecule has 0 radical (unpaired) electrons. The van der Waals surface area contributed by atoms with E-state index in [0.29, 0.717) is 11.4 Å². The van der Waals surface area contributed by atoms with Crippen LogP contribution in [0.3, 0.4) is 0 Å². The van der Waals surface area contributed by atoms with Gasteiger partial charge in [-0.3, -0.25) is 9.71 Å². The van der Waals surface area contributed by atoms with Crippen molar-refractivity contribution in [1.82, 2.24) is 4.98 Å². The van der Waals surface area contributed by atoms with Crippen LogP contribution >= 0.6 is 0 Å². The SMILES string of the molecule is COc1ccc(S(=O)(=O)Nc2ccncc2)c(OC)c1. The van der Waals surface area contributed by atoms with Gasteiger partial charge in [0, 0.05) is 18.5 Å². The lowest BCUT2D eigenvalue weighted by Gasteiger charge is -2.12. The molecule has 2 rings (SSSR count). The number of ether oxygens (including phenoxy) is 2. The van der Waals surface area contributed by atoms with Gasteiger partial charge in [-0.15, -0.1) is 0 Å². The Labute approximate surface area is 117 Å². The smallest absolute Gasteiger partial charge is 0.265 e. The molecule has 1 heterocycles. The summed E-state index contributed by atoms with van der Waals surface area (Å²) in [5.41, 5.74) is 0.429. The van der Waals surface area contributed by atoms with Crippen molar-refractivity contribution in [2.24, 2.45) is 0 Å². The second-order valence-corrected chi connectivity index (χ2v) is 5.51. The first-order valence-electron chi connectivity index (χ1n) is 5.71. The summed E-state index contributed by atoms with van der Waals surface area (Å²) < 4.78 is 37.3. The van der Waals surface area contributed by atoms with E-state index < -0.39 is 10.0 Å². The van der Waals surface area contributed by atoms with E-state index in [0.717, 1.165) is 0 Å². The predicted octanol–water partition coefficient (Wildman–Crippen LogP) is 1.90. The van der Waals surface area contributed by atoms with Crippen LogP contribution in [0.25, 0.3) is 0 Å². The molecule has 0 atom stereocenters. The van der Waals surface area contributed by atoms with E-state index in [1.54, 1.807) is 18.2 Å². The van der Waals surface area contributed by atoms with Crippen molar-refractivity contribution in [2.45, 2.75) is 4.90 Å². The fourth-order valence-electron chi connectivity index (χ4n) is 1.63. The topological polar surface area (TPSA) is 77.5 Å². The molecule has 1 N–H and O–H groups in total. The number of sulfonamides is 1. The zero-order valence-electron chi connectivity index (χ0n) is 11.0. The third-order valence-corrected chi connectivity index (χ3v) is 4.01. The van der Waals surface area contributed by atoms with E-state index >= 15 is 0 Å². The van der Waals surface area contributed by atoms with Gasteiger partial charge in [-0.1, -0.05) is 0 Å². The molecule has 0 saturated heterocycles. The molecule has 106 valence electrons. The van der Waals surface area contributed by atoms with Crippen LogP contribution < -0.4 is 14.2 Å². The molecule has 0 fully saturated rings. The molecule has 0 spiro atoms. The van der Waals surface area contributed by atoms with Gasteiger partial charge in [-0.05, 0) is 24.3 Å². The highest BCUT2D eigenvalue weighted by molar-refractivity contribution is 7.92. The van der Waals surface area contributed by atoms with Crippen molar-refractivity contribution in [1.29, 1.82) is 0 Å². The van der Waals surface area contributed by atoms with Crippen molar-refractivity contribution in [3.05, 3.63) is 42.7 Å². The molecule has 0 aliphatic rings. The van der Waals surface area contributed by atoms with Crippen LogP contribution in [0.4, 0.5) is 5.69 Å². The first-order chi connectivity index (χ1) is 9.56. The second-order valence-electron chi connectivity index (χ2n) is 3.86. The number of rotatable bonds is 5. The van der Waals surface area contributed by atoms with Crippen molar-refractivity contribution < 1.29 is 17.9 Å². The Morgan fingerprint density at radius 2 is 1.75 bits per heavy atom. The quantitative estimate of drug-likeness (QED) is 0.911. The van der Waals surface area contributed by atoms with Crippen molar-refractivity contribution >= 4 is 15.7 Å². The molecule has 20 heavy (non-hydrogen) atoms. The molecule has 2 aromatic rings. The molecule has 1 aromatic heterocycles. The summed E-state index contributed by atoms with van der Waals surface area (Å²) in [5.74, 6) is 0.732. The highest BCUT2D eigenvalue weighted by Crippen LogP contribution is 2.29. The fraction of sp³-hybridized carbons (Fsp3) is 0.154. The Hall–Kier alpha value is -2.28. The molecule has 0 unspecified atom stereocenters. The summed E-state index contributed by atoms with van der Waals surface area (Å²) >= 11 is 0. The van der Waals surface area contributed by atoms with Crippen LogP contribution in [0.15, 0.2) is 47.6 Å². The van der Waals surface area contributed by atoms with Crippen LogP contribution in [0, 0.1) is 0 Å². The average Bonchev–Trinajstić information content (AvgIpc) is 2.47. The highest BCUT2D eigenvalue weighted by Gasteiger charge is 2.20. The zero-order valence-corrected chi connectivity index (χ0v) is 11.8. The van der Waals surface area contributed by atoms with Gasteiger partial charge in [0.15, 0.2) is 0 Å². The van der Waals surface area contributed by atoms with E-state index in [9.17, 15) is 8.42 Å². The predicted molar refractivity (Wildman–Crippen MR) is 74.6 cm³/mol. The number of nitrogens with zero attached hydrogens (tertiary/aromatic N) is 1. The van der Waals surface area contributed by atoms with Gasteiger partial charge in [0.1, 0.15) is 16.4 Å². The van der Waals surface area contributed by atoms with Gasteiger partial charge in [0.25, 0.3) is 10.0 Å². The van der Waals surface area contributed by atoms with Crippen molar-refractivity contribution in [2.75, 3.05) is 18.9 Å². The number of hydrogen-bond donors (Lipinski definition) is 1. The Kier molecular flexibility index (Phi) is 4.09. The van der Waals surface area contributed by atoms with Gasteiger partial charge in [-0.2, -0.15) is 0 Å². The Morgan fingerprint density at radius 3 is 2.35 bits per heavy atom. The number of anilines is 1. The summed E-state index contributed by atoms with van der Waals surface area (Å²) in [7, 11) is -0.838. The number of aromatic nitrogens is 1. The average molecular weight is 294 g/mol. The van der Waals surface area contributed by atoms with E-state index in [4.69, 9.17) is 9.47 Å². The lowest BCUT2D eigenvalue weighted by molar-refractivity contribution is 0.386. The van der Waals surface area contributed by atoms with Gasteiger partial charge in [0.2, 0.25) is 0 Å². The second kappa shape index (κ2) is 5.79. The number of benzene rings is 1. The molecular formula is C13H14N2O4S. The normalized spacial score (nSPS) is 10.9. The fourth-order valence-corrected chi connectivity index (χ4v) is 2.84. The van der Waals surface area contributed by atoms with Gasteiger partial charge < -0.3 is 9.47 Å². The van der Waals surface area contributed by atoms with E-state index in [1.807, 2.05) is 0 Å². The minimum atomic E-state index is -3.74. The van der Waals surface area contributed by atoms with E-state index in [1.165, 1.54) is 38.7 Å². The number of hydrogen-bond acceptors (Lipinski definition) is 5. The molecule has 0 aliphatic carbocycles. The molecule has 0 aliphatic heterocycles. The summed E-state index contributed by atoms with van der Waals surface area (Å²) in [6, 6.07) is 7.63. The zero-order chi connectivity index (χ0) is 14.6. The van der Waals surface area contributed by atoms with Gasteiger partial charge in [0.05, 0.1) is 19.9 Å². The van der Waals surface area contributed by atoms with Crippen LogP contribution in [-0.4, -0.2) is 27.6 Å². The maximum atomic E-state index is 12.3. The molecule has 0 bridgehead atoms.